The highest BCUT2D eigenvalue weighted by atomic mass is 35.5. The van der Waals surface area contributed by atoms with Gasteiger partial charge in [0, 0.05) is 53.3 Å². The zero-order chi connectivity index (χ0) is 32.9. The molecule has 0 radical (unpaired) electrons. The molecule has 242 valence electrons. The fourth-order valence-electron chi connectivity index (χ4n) is 6.34. The van der Waals surface area contributed by atoms with Gasteiger partial charge in [0.15, 0.2) is 11.9 Å². The Morgan fingerprint density at radius 1 is 1.13 bits per heavy atom. The van der Waals surface area contributed by atoms with Crippen LogP contribution in [0.2, 0.25) is 5.02 Å². The van der Waals surface area contributed by atoms with Crippen LogP contribution in [0.25, 0.3) is 42.8 Å². The van der Waals surface area contributed by atoms with Crippen LogP contribution in [0.15, 0.2) is 48.5 Å². The van der Waals surface area contributed by atoms with Gasteiger partial charge < -0.3 is 19.3 Å². The maximum atomic E-state index is 13.5. The third-order valence-electron chi connectivity index (χ3n) is 8.57. The lowest BCUT2D eigenvalue weighted by Gasteiger charge is -2.29. The molecule has 46 heavy (non-hydrogen) atoms. The van der Waals surface area contributed by atoms with E-state index in [1.54, 1.807) is 11.3 Å². The Bertz CT molecular complexity index is 1910. The molecule has 0 bridgehead atoms. The van der Waals surface area contributed by atoms with E-state index >= 15 is 0 Å². The monoisotopic (exact) mass is 659 g/mol. The second kappa shape index (κ2) is 12.6. The third-order valence-corrected chi connectivity index (χ3v) is 9.96. The van der Waals surface area contributed by atoms with Crippen molar-refractivity contribution in [3.8, 4) is 21.7 Å². The lowest BCUT2D eigenvalue weighted by Crippen LogP contribution is -2.31. The highest BCUT2D eigenvalue weighted by Gasteiger charge is 2.34. The zero-order valence-corrected chi connectivity index (χ0v) is 29.4. The number of carbonyl (C=O) groups is 1. The Morgan fingerprint density at radius 2 is 1.85 bits per heavy atom. The van der Waals surface area contributed by atoms with E-state index in [2.05, 4.69) is 48.2 Å². The number of aromatic nitrogens is 3. The van der Waals surface area contributed by atoms with E-state index in [1.807, 2.05) is 70.6 Å². The van der Waals surface area contributed by atoms with E-state index in [0.29, 0.717) is 11.1 Å². The van der Waals surface area contributed by atoms with Crippen LogP contribution in [0.1, 0.15) is 51.3 Å². The van der Waals surface area contributed by atoms with Gasteiger partial charge in [-0.1, -0.05) is 23.7 Å². The summed E-state index contributed by atoms with van der Waals surface area (Å²) < 4.78 is 15.0. The molecule has 5 aromatic rings. The normalized spacial score (nSPS) is 16.2. The van der Waals surface area contributed by atoms with Crippen molar-refractivity contribution in [2.75, 3.05) is 38.7 Å². The third kappa shape index (κ3) is 6.26. The maximum absolute atomic E-state index is 13.5. The van der Waals surface area contributed by atoms with E-state index in [9.17, 15) is 4.79 Å². The van der Waals surface area contributed by atoms with Crippen LogP contribution < -0.4 is 4.90 Å². The van der Waals surface area contributed by atoms with Gasteiger partial charge in [-0.3, -0.25) is 4.68 Å². The number of likely N-dealkylation sites (N-methyl/N-ethyl adjacent to an activating group) is 1. The van der Waals surface area contributed by atoms with Crippen molar-refractivity contribution in [2.24, 2.45) is 7.05 Å². The first kappa shape index (κ1) is 32.4. The van der Waals surface area contributed by atoms with Gasteiger partial charge in [0.1, 0.15) is 5.01 Å². The fraction of sp³-hybridized carbons (Fsp3) is 0.417. The molecule has 2 atom stereocenters. The van der Waals surface area contributed by atoms with Crippen molar-refractivity contribution in [1.82, 2.24) is 19.7 Å². The summed E-state index contributed by atoms with van der Waals surface area (Å²) in [6.07, 6.45) is 0.199. The summed E-state index contributed by atoms with van der Waals surface area (Å²) >= 11 is 7.94. The molecule has 10 heteroatoms. The Labute approximate surface area is 279 Å². The van der Waals surface area contributed by atoms with Crippen LogP contribution in [0.3, 0.4) is 0 Å². The van der Waals surface area contributed by atoms with Crippen molar-refractivity contribution in [2.45, 2.75) is 58.8 Å². The SMILES string of the molecule is CCOC(=O)[C@@H](OC(C)(C)C)c1c(C)cc2nc(-c3ccc4c(c3)c(N3CC[C@@H](N(C)C)C3)nn4C)sc2c1-c1ccc(Cl)cc1. The van der Waals surface area contributed by atoms with E-state index in [0.717, 1.165) is 79.3 Å². The van der Waals surface area contributed by atoms with Crippen molar-refractivity contribution >= 4 is 55.8 Å². The number of ether oxygens (including phenoxy) is 2. The first-order valence-corrected chi connectivity index (χ1v) is 17.0. The van der Waals surface area contributed by atoms with Gasteiger partial charge in [-0.2, -0.15) is 5.10 Å². The first-order chi connectivity index (χ1) is 21.8. The Kier molecular flexibility index (Phi) is 8.89. The van der Waals surface area contributed by atoms with Gasteiger partial charge in [0.2, 0.25) is 0 Å². The molecule has 0 unspecified atom stereocenters. The number of anilines is 1. The number of carbonyl (C=O) groups excluding carboxylic acids is 1. The van der Waals surface area contributed by atoms with E-state index < -0.39 is 17.7 Å². The van der Waals surface area contributed by atoms with Crippen LogP contribution in [-0.2, 0) is 21.3 Å². The summed E-state index contributed by atoms with van der Waals surface area (Å²) in [7, 11) is 6.29. The minimum atomic E-state index is -0.915. The van der Waals surface area contributed by atoms with Gasteiger partial charge in [-0.15, -0.1) is 11.3 Å². The molecule has 0 aliphatic carbocycles. The van der Waals surface area contributed by atoms with Gasteiger partial charge >= 0.3 is 5.97 Å². The fourth-order valence-corrected chi connectivity index (χ4v) is 7.59. The molecule has 1 aliphatic rings. The number of aryl methyl sites for hydroxylation is 2. The van der Waals surface area contributed by atoms with Gasteiger partial charge in [-0.25, -0.2) is 9.78 Å². The topological polar surface area (TPSA) is 72.7 Å². The van der Waals surface area contributed by atoms with E-state index in [-0.39, 0.29) is 6.61 Å². The number of fused-ring (bicyclic) bond motifs is 2. The first-order valence-electron chi connectivity index (χ1n) is 15.8. The molecule has 2 aromatic heterocycles. The number of hydrogen-bond donors (Lipinski definition) is 0. The molecule has 6 rings (SSSR count). The standard InChI is InChI=1S/C36H42ClN5O3S/c1-9-44-35(43)31(45-36(3,4)5)29-21(2)18-27-32(30(29)22-10-13-24(37)14-11-22)46-34(38-27)23-12-15-28-26(19-23)33(39-41(28)8)42-17-16-25(20-42)40(6)7/h10-15,18-19,25,31H,9,16-17,20H2,1-8H3/t25-,31+/m1/s1. The minimum Gasteiger partial charge on any atom is -0.464 e. The molecule has 1 aliphatic heterocycles. The van der Waals surface area contributed by atoms with Crippen LogP contribution in [-0.4, -0.2) is 71.1 Å². The predicted octanol–water partition coefficient (Wildman–Crippen LogP) is 8.04. The molecule has 0 saturated carbocycles. The van der Waals surface area contributed by atoms with Crippen molar-refractivity contribution < 1.29 is 14.3 Å². The predicted molar refractivity (Wildman–Crippen MR) is 189 cm³/mol. The molecular formula is C36H42ClN5O3S. The van der Waals surface area contributed by atoms with Crippen LogP contribution in [0.5, 0.6) is 0 Å². The number of rotatable bonds is 8. The van der Waals surface area contributed by atoms with Crippen LogP contribution in [0, 0.1) is 6.92 Å². The maximum Gasteiger partial charge on any atom is 0.339 e. The lowest BCUT2D eigenvalue weighted by molar-refractivity contribution is -0.166. The second-order valence-corrected chi connectivity index (χ2v) is 14.7. The van der Waals surface area contributed by atoms with Crippen molar-refractivity contribution in [3.05, 3.63) is 64.7 Å². The second-order valence-electron chi connectivity index (χ2n) is 13.2. The highest BCUT2D eigenvalue weighted by Crippen LogP contribution is 2.45. The van der Waals surface area contributed by atoms with Gasteiger partial charge in [0.05, 0.1) is 27.9 Å². The molecule has 3 heterocycles. The molecule has 1 saturated heterocycles. The Hall–Kier alpha value is -3.50. The smallest absolute Gasteiger partial charge is 0.339 e. The average molecular weight is 660 g/mol. The highest BCUT2D eigenvalue weighted by molar-refractivity contribution is 7.22. The molecular weight excluding hydrogens is 618 g/mol. The van der Waals surface area contributed by atoms with E-state index in [4.69, 9.17) is 31.2 Å². The van der Waals surface area contributed by atoms with Gasteiger partial charge in [-0.05, 0) is 103 Å². The number of thiazole rings is 1. The number of benzene rings is 3. The molecule has 0 amide bonds. The molecule has 0 spiro atoms. The minimum absolute atomic E-state index is 0.261. The number of nitrogens with zero attached hydrogens (tertiary/aromatic N) is 5. The average Bonchev–Trinajstić information content (AvgIpc) is 3.73. The molecule has 8 nitrogen and oxygen atoms in total. The van der Waals surface area contributed by atoms with Gasteiger partial charge in [0.25, 0.3) is 0 Å². The molecule has 1 fully saturated rings. The van der Waals surface area contributed by atoms with Crippen molar-refractivity contribution in [3.63, 3.8) is 0 Å². The Morgan fingerprint density at radius 3 is 2.50 bits per heavy atom. The number of esters is 1. The number of hydrogen-bond acceptors (Lipinski definition) is 8. The Balaban J connectivity index is 1.53. The molecule has 0 N–H and O–H groups in total. The van der Waals surface area contributed by atoms with Crippen LogP contribution >= 0.6 is 22.9 Å². The summed E-state index contributed by atoms with van der Waals surface area (Å²) in [6, 6.07) is 16.8. The van der Waals surface area contributed by atoms with E-state index in [1.165, 1.54) is 0 Å². The van der Waals surface area contributed by atoms with Crippen molar-refractivity contribution in [1.29, 1.82) is 0 Å². The quantitative estimate of drug-likeness (QED) is 0.156. The molecule has 3 aromatic carbocycles. The zero-order valence-electron chi connectivity index (χ0n) is 27.8. The summed E-state index contributed by atoms with van der Waals surface area (Å²) in [6.45, 7) is 11.9. The summed E-state index contributed by atoms with van der Waals surface area (Å²) in [4.78, 5) is 23.4. The summed E-state index contributed by atoms with van der Waals surface area (Å²) in [5, 5.41) is 7.61. The summed E-state index contributed by atoms with van der Waals surface area (Å²) in [5.74, 6) is 0.606. The number of halogens is 1. The largest absolute Gasteiger partial charge is 0.464 e. The summed E-state index contributed by atoms with van der Waals surface area (Å²) in [5.41, 5.74) is 5.93. The van der Waals surface area contributed by atoms with Crippen LogP contribution in [0.4, 0.5) is 5.82 Å². The lowest BCUT2D eigenvalue weighted by atomic mass is 9.91.